The van der Waals surface area contributed by atoms with E-state index in [1.165, 1.54) is 18.5 Å². The van der Waals surface area contributed by atoms with Crippen LogP contribution in [-0.4, -0.2) is 61.8 Å². The summed E-state index contributed by atoms with van der Waals surface area (Å²) in [6, 6.07) is 20.9. The fraction of sp³-hybridized carbons (Fsp3) is 0.480. The van der Waals surface area contributed by atoms with Crippen molar-refractivity contribution in [2.24, 2.45) is 10.9 Å². The lowest BCUT2D eigenvalue weighted by Gasteiger charge is -2.18. The van der Waals surface area contributed by atoms with Crippen molar-refractivity contribution in [1.82, 2.24) is 15.5 Å². The van der Waals surface area contributed by atoms with Crippen molar-refractivity contribution in [3.05, 3.63) is 71.8 Å². The Kier molecular flexibility index (Phi) is 11.9. The van der Waals surface area contributed by atoms with Crippen molar-refractivity contribution in [3.8, 4) is 0 Å². The summed E-state index contributed by atoms with van der Waals surface area (Å²) in [6.45, 7) is 7.96. The Morgan fingerprint density at radius 1 is 1.10 bits per heavy atom. The third-order valence-electron chi connectivity index (χ3n) is 5.79. The lowest BCUT2D eigenvalue weighted by atomic mass is 10.0. The summed E-state index contributed by atoms with van der Waals surface area (Å²) in [5.41, 5.74) is 2.54. The molecule has 0 spiro atoms. The van der Waals surface area contributed by atoms with Gasteiger partial charge in [0, 0.05) is 32.1 Å². The molecule has 31 heavy (non-hydrogen) atoms. The quantitative estimate of drug-likeness (QED) is 0.247. The van der Waals surface area contributed by atoms with Gasteiger partial charge in [-0.25, -0.2) is 0 Å². The van der Waals surface area contributed by atoms with E-state index in [1.54, 1.807) is 0 Å². The molecule has 5 nitrogen and oxygen atoms in total. The minimum absolute atomic E-state index is 0. The normalized spacial score (nSPS) is 17.7. The predicted octanol–water partition coefficient (Wildman–Crippen LogP) is 3.50. The number of likely N-dealkylation sites (tertiary alicyclic amines) is 1. The fourth-order valence-electron chi connectivity index (χ4n) is 3.99. The summed E-state index contributed by atoms with van der Waals surface area (Å²) in [7, 11) is 0. The molecule has 3 N–H and O–H groups in total. The van der Waals surface area contributed by atoms with Gasteiger partial charge in [-0.05, 0) is 43.4 Å². The van der Waals surface area contributed by atoms with Crippen molar-refractivity contribution in [2.45, 2.75) is 25.7 Å². The van der Waals surface area contributed by atoms with Gasteiger partial charge in [0.1, 0.15) is 0 Å². The van der Waals surface area contributed by atoms with E-state index in [0.29, 0.717) is 12.5 Å². The van der Waals surface area contributed by atoms with Crippen molar-refractivity contribution in [1.29, 1.82) is 0 Å². The molecule has 0 saturated carbocycles. The van der Waals surface area contributed by atoms with Crippen LogP contribution in [0.25, 0.3) is 0 Å². The first-order chi connectivity index (χ1) is 14.8. The Bertz CT molecular complexity index is 757. The lowest BCUT2D eigenvalue weighted by Crippen LogP contribution is -2.40. The smallest absolute Gasteiger partial charge is 0.191 e. The molecular weight excluding hydrogens is 499 g/mol. The zero-order chi connectivity index (χ0) is 21.0. The van der Waals surface area contributed by atoms with Crippen LogP contribution in [0.5, 0.6) is 0 Å². The largest absolute Gasteiger partial charge is 0.396 e. The van der Waals surface area contributed by atoms with Gasteiger partial charge in [0.2, 0.25) is 0 Å². The third kappa shape index (κ3) is 8.79. The first-order valence-electron chi connectivity index (χ1n) is 11.2. The molecule has 6 heteroatoms. The Morgan fingerprint density at radius 2 is 1.81 bits per heavy atom. The standard InChI is InChI=1S/C25H36N4O.HI/c1-2-26-25(28-18-24(20-30)23-11-7-4-8-12-23)27-17-22-14-16-29(19-22)15-13-21-9-5-3-6-10-21;/h3-12,22,24,30H,2,13-20H2,1H3,(H2,26,27,28);1H. The van der Waals surface area contributed by atoms with E-state index >= 15 is 0 Å². The SMILES string of the molecule is CCNC(=NCC(CO)c1ccccc1)NCC1CCN(CCc2ccccc2)C1.I. The van der Waals surface area contributed by atoms with Gasteiger partial charge in [-0.2, -0.15) is 0 Å². The zero-order valence-corrected chi connectivity index (χ0v) is 20.9. The van der Waals surface area contributed by atoms with Crippen LogP contribution in [0.1, 0.15) is 30.4 Å². The molecule has 2 atom stereocenters. The molecule has 0 radical (unpaired) electrons. The molecular formula is C25H37IN4O. The summed E-state index contributed by atoms with van der Waals surface area (Å²) < 4.78 is 0. The molecule has 2 aromatic rings. The van der Waals surface area contributed by atoms with Gasteiger partial charge in [-0.1, -0.05) is 60.7 Å². The number of nitrogens with one attached hydrogen (secondary N) is 2. The lowest BCUT2D eigenvalue weighted by molar-refractivity contribution is 0.268. The second-order valence-electron chi connectivity index (χ2n) is 8.08. The monoisotopic (exact) mass is 536 g/mol. The Balaban J connectivity index is 0.00000341. The van der Waals surface area contributed by atoms with Crippen molar-refractivity contribution < 1.29 is 5.11 Å². The Morgan fingerprint density at radius 3 is 2.48 bits per heavy atom. The number of aliphatic imine (C=N–C) groups is 1. The van der Waals surface area contributed by atoms with Gasteiger partial charge in [-0.3, -0.25) is 4.99 Å². The van der Waals surface area contributed by atoms with Crippen molar-refractivity contribution in [3.63, 3.8) is 0 Å². The summed E-state index contributed by atoms with van der Waals surface area (Å²) in [5.74, 6) is 1.52. The van der Waals surface area contributed by atoms with Crippen LogP contribution in [0.15, 0.2) is 65.7 Å². The highest BCUT2D eigenvalue weighted by atomic mass is 127. The highest BCUT2D eigenvalue weighted by Crippen LogP contribution is 2.17. The zero-order valence-electron chi connectivity index (χ0n) is 18.5. The maximum absolute atomic E-state index is 9.77. The second kappa shape index (κ2) is 14.4. The van der Waals surface area contributed by atoms with Crippen molar-refractivity contribution in [2.75, 3.05) is 45.9 Å². The van der Waals surface area contributed by atoms with Gasteiger partial charge in [0.25, 0.3) is 0 Å². The van der Waals surface area contributed by atoms with Crippen LogP contribution in [0.3, 0.4) is 0 Å². The number of nitrogens with zero attached hydrogens (tertiary/aromatic N) is 2. The minimum atomic E-state index is 0. The first-order valence-corrected chi connectivity index (χ1v) is 11.2. The van der Waals surface area contributed by atoms with E-state index in [9.17, 15) is 5.11 Å². The number of aliphatic hydroxyl groups excluding tert-OH is 1. The van der Waals surface area contributed by atoms with E-state index in [2.05, 4.69) is 64.9 Å². The molecule has 0 aliphatic carbocycles. The van der Waals surface area contributed by atoms with Crippen molar-refractivity contribution >= 4 is 29.9 Å². The Hall–Kier alpha value is -1.64. The van der Waals surface area contributed by atoms with Gasteiger partial charge < -0.3 is 20.6 Å². The molecule has 170 valence electrons. The second-order valence-corrected chi connectivity index (χ2v) is 8.08. The molecule has 1 fully saturated rings. The van der Waals surface area contributed by atoms with Crippen LogP contribution in [-0.2, 0) is 6.42 Å². The molecule has 1 aliphatic rings. The molecule has 2 aromatic carbocycles. The first kappa shape index (κ1) is 25.6. The molecule has 0 aromatic heterocycles. The van der Waals surface area contributed by atoms with Crippen LogP contribution in [0.2, 0.25) is 0 Å². The molecule has 1 heterocycles. The molecule has 2 unspecified atom stereocenters. The van der Waals surface area contributed by atoms with Crippen LogP contribution in [0.4, 0.5) is 0 Å². The van der Waals surface area contributed by atoms with Gasteiger partial charge >= 0.3 is 0 Å². The maximum Gasteiger partial charge on any atom is 0.191 e. The maximum atomic E-state index is 9.77. The predicted molar refractivity (Wildman–Crippen MR) is 140 cm³/mol. The van der Waals surface area contributed by atoms with Crippen LogP contribution in [0, 0.1) is 5.92 Å². The van der Waals surface area contributed by atoms with E-state index in [0.717, 1.165) is 44.1 Å². The number of benzene rings is 2. The van der Waals surface area contributed by atoms with E-state index in [-0.39, 0.29) is 36.5 Å². The summed E-state index contributed by atoms with van der Waals surface area (Å²) >= 11 is 0. The number of rotatable bonds is 10. The number of hydrogen-bond acceptors (Lipinski definition) is 3. The van der Waals surface area contributed by atoms with Crippen LogP contribution < -0.4 is 10.6 Å². The van der Waals surface area contributed by atoms with Crippen LogP contribution >= 0.6 is 24.0 Å². The molecule has 0 bridgehead atoms. The summed E-state index contributed by atoms with van der Waals surface area (Å²) in [6.07, 6.45) is 2.34. The fourth-order valence-corrected chi connectivity index (χ4v) is 3.99. The Labute approximate surface area is 204 Å². The highest BCUT2D eigenvalue weighted by molar-refractivity contribution is 14.0. The van der Waals surface area contributed by atoms with E-state index < -0.39 is 0 Å². The summed E-state index contributed by atoms with van der Waals surface area (Å²) in [5, 5.41) is 16.6. The number of hydrogen-bond donors (Lipinski definition) is 3. The topological polar surface area (TPSA) is 59.9 Å². The van der Waals surface area contributed by atoms with Gasteiger partial charge in [0.15, 0.2) is 5.96 Å². The molecule has 0 amide bonds. The molecule has 3 rings (SSSR count). The minimum Gasteiger partial charge on any atom is -0.396 e. The highest BCUT2D eigenvalue weighted by Gasteiger charge is 2.22. The molecule has 1 aliphatic heterocycles. The van der Waals surface area contributed by atoms with E-state index in [1.807, 2.05) is 18.2 Å². The third-order valence-corrected chi connectivity index (χ3v) is 5.79. The average molecular weight is 537 g/mol. The number of guanidine groups is 1. The molecule has 1 saturated heterocycles. The summed E-state index contributed by atoms with van der Waals surface area (Å²) in [4.78, 5) is 7.31. The van der Waals surface area contributed by atoms with Gasteiger partial charge in [0.05, 0.1) is 13.2 Å². The van der Waals surface area contributed by atoms with E-state index in [4.69, 9.17) is 4.99 Å². The van der Waals surface area contributed by atoms with Gasteiger partial charge in [-0.15, -0.1) is 24.0 Å². The average Bonchev–Trinajstić information content (AvgIpc) is 3.26. The number of aliphatic hydroxyl groups is 1. The number of halogens is 1.